The summed E-state index contributed by atoms with van der Waals surface area (Å²) in [6.45, 7) is 7.59. The molecule has 2 amide bonds. The summed E-state index contributed by atoms with van der Waals surface area (Å²) < 4.78 is 16.9. The van der Waals surface area contributed by atoms with Gasteiger partial charge >= 0.3 is 6.09 Å². The van der Waals surface area contributed by atoms with Crippen LogP contribution in [0.2, 0.25) is 5.02 Å². The second-order valence-corrected chi connectivity index (χ2v) is 10.9. The number of benzene rings is 2. The van der Waals surface area contributed by atoms with Crippen LogP contribution in [0.25, 0.3) is 0 Å². The van der Waals surface area contributed by atoms with E-state index in [1.807, 2.05) is 45.0 Å². The van der Waals surface area contributed by atoms with Crippen LogP contribution < -0.4 is 19.7 Å². The Morgan fingerprint density at radius 2 is 1.78 bits per heavy atom. The third kappa shape index (κ3) is 7.01. The van der Waals surface area contributed by atoms with Crippen molar-refractivity contribution >= 4 is 35.0 Å². The van der Waals surface area contributed by atoms with E-state index in [0.717, 1.165) is 43.8 Å². The summed E-state index contributed by atoms with van der Waals surface area (Å²) in [7, 11) is 1.66. The van der Waals surface area contributed by atoms with Gasteiger partial charge in [0.05, 0.1) is 18.7 Å². The summed E-state index contributed by atoms with van der Waals surface area (Å²) in [5.41, 5.74) is 1.06. The predicted octanol–water partition coefficient (Wildman–Crippen LogP) is 5.73. The zero-order valence-electron chi connectivity index (χ0n) is 22.0. The van der Waals surface area contributed by atoms with Gasteiger partial charge in [0, 0.05) is 30.9 Å². The average molecular weight is 530 g/mol. The summed E-state index contributed by atoms with van der Waals surface area (Å²) in [6.07, 6.45) is 2.73. The molecular formula is C28H36ClN3O5. The van der Waals surface area contributed by atoms with E-state index in [1.165, 1.54) is 4.90 Å². The minimum atomic E-state index is -0.621. The number of hydrogen-bond donors (Lipinski definition) is 1. The van der Waals surface area contributed by atoms with Gasteiger partial charge in [0.1, 0.15) is 29.2 Å². The highest BCUT2D eigenvalue weighted by molar-refractivity contribution is 6.32. The molecule has 4 rings (SSSR count). The van der Waals surface area contributed by atoms with Gasteiger partial charge in [-0.15, -0.1) is 0 Å². The molecule has 200 valence electrons. The maximum atomic E-state index is 13.1. The normalized spacial score (nSPS) is 19.9. The first-order chi connectivity index (χ1) is 17.6. The van der Waals surface area contributed by atoms with Crippen LogP contribution in [-0.2, 0) is 9.53 Å². The molecule has 0 unspecified atom stereocenters. The Morgan fingerprint density at radius 1 is 1.03 bits per heavy atom. The van der Waals surface area contributed by atoms with Gasteiger partial charge < -0.3 is 24.4 Å². The third-order valence-corrected chi connectivity index (χ3v) is 6.80. The lowest BCUT2D eigenvalue weighted by Crippen LogP contribution is -2.51. The highest BCUT2D eigenvalue weighted by Gasteiger charge is 2.35. The number of methoxy groups -OCH3 is 1. The number of halogens is 1. The van der Waals surface area contributed by atoms with Crippen LogP contribution in [-0.4, -0.2) is 61.4 Å². The van der Waals surface area contributed by atoms with E-state index in [1.54, 1.807) is 25.3 Å². The fourth-order valence-electron chi connectivity index (χ4n) is 4.67. The Morgan fingerprint density at radius 3 is 2.46 bits per heavy atom. The van der Waals surface area contributed by atoms with Crippen LogP contribution in [0.1, 0.15) is 46.5 Å². The summed E-state index contributed by atoms with van der Waals surface area (Å²) in [5, 5.41) is 3.34. The standard InChI is InChI=1S/C28H36ClN3O5/c1-28(2,3)37-27(34)32-15-6-5-7-24(32)26(33)30-19-8-13-25(23(29)17-19)36-22-14-16-31(18-22)20-9-11-21(35-4)12-10-20/h8-13,17,22,24H,5-7,14-16,18H2,1-4H3,(H,30,33)/t22-,24+/m0/s1. The third-order valence-electron chi connectivity index (χ3n) is 6.51. The lowest BCUT2D eigenvalue weighted by Gasteiger charge is -2.35. The number of piperidine rings is 1. The maximum absolute atomic E-state index is 13.1. The molecule has 37 heavy (non-hydrogen) atoms. The van der Waals surface area contributed by atoms with E-state index in [-0.39, 0.29) is 12.0 Å². The molecule has 0 aromatic heterocycles. The van der Waals surface area contributed by atoms with Crippen molar-refractivity contribution in [2.24, 2.45) is 0 Å². The number of hydrogen-bond acceptors (Lipinski definition) is 6. The molecule has 0 saturated carbocycles. The molecule has 2 aromatic rings. The molecule has 2 atom stereocenters. The first kappa shape index (κ1) is 26.9. The van der Waals surface area contributed by atoms with E-state index < -0.39 is 17.7 Å². The highest BCUT2D eigenvalue weighted by atomic mass is 35.5. The van der Waals surface area contributed by atoms with E-state index in [0.29, 0.717) is 29.4 Å². The number of ether oxygens (including phenoxy) is 3. The van der Waals surface area contributed by atoms with Crippen molar-refractivity contribution in [2.45, 2.75) is 64.2 Å². The molecule has 2 fully saturated rings. The van der Waals surface area contributed by atoms with Crippen LogP contribution in [0, 0.1) is 0 Å². The minimum Gasteiger partial charge on any atom is -0.497 e. The number of carbonyl (C=O) groups is 2. The zero-order chi connectivity index (χ0) is 26.6. The van der Waals surface area contributed by atoms with Crippen LogP contribution in [0.3, 0.4) is 0 Å². The van der Waals surface area contributed by atoms with Crippen molar-refractivity contribution in [3.8, 4) is 11.5 Å². The zero-order valence-corrected chi connectivity index (χ0v) is 22.7. The van der Waals surface area contributed by atoms with Crippen LogP contribution >= 0.6 is 11.6 Å². The molecule has 2 saturated heterocycles. The number of likely N-dealkylation sites (tertiary alicyclic amines) is 1. The van der Waals surface area contributed by atoms with Crippen molar-refractivity contribution < 1.29 is 23.8 Å². The Kier molecular flexibility index (Phi) is 8.37. The van der Waals surface area contributed by atoms with Gasteiger partial charge in [-0.05, 0) is 82.5 Å². The van der Waals surface area contributed by atoms with Crippen molar-refractivity contribution in [3.63, 3.8) is 0 Å². The molecular weight excluding hydrogens is 494 g/mol. The second kappa shape index (κ2) is 11.5. The predicted molar refractivity (Wildman–Crippen MR) is 145 cm³/mol. The van der Waals surface area contributed by atoms with Crippen molar-refractivity contribution in [1.29, 1.82) is 0 Å². The molecule has 0 spiro atoms. The SMILES string of the molecule is COc1ccc(N2CC[C@H](Oc3ccc(NC(=O)[C@H]4CCCCN4C(=O)OC(C)(C)C)cc3Cl)C2)cc1. The van der Waals surface area contributed by atoms with Crippen molar-refractivity contribution in [3.05, 3.63) is 47.5 Å². The fourth-order valence-corrected chi connectivity index (χ4v) is 4.90. The molecule has 0 radical (unpaired) electrons. The molecule has 2 aliphatic rings. The van der Waals surface area contributed by atoms with Gasteiger partial charge in [-0.2, -0.15) is 0 Å². The molecule has 2 aromatic carbocycles. The number of nitrogens with one attached hydrogen (secondary N) is 1. The van der Waals surface area contributed by atoms with Gasteiger partial charge in [0.15, 0.2) is 0 Å². The molecule has 2 aliphatic heterocycles. The molecule has 9 heteroatoms. The molecule has 8 nitrogen and oxygen atoms in total. The summed E-state index contributed by atoms with van der Waals surface area (Å²) >= 11 is 6.53. The molecule has 0 bridgehead atoms. The molecule has 0 aliphatic carbocycles. The molecule has 2 heterocycles. The number of nitrogens with zero attached hydrogens (tertiary/aromatic N) is 2. The van der Waals surface area contributed by atoms with Crippen molar-refractivity contribution in [1.82, 2.24) is 4.90 Å². The Balaban J connectivity index is 1.34. The van der Waals surface area contributed by atoms with Gasteiger partial charge in [-0.3, -0.25) is 9.69 Å². The Bertz CT molecular complexity index is 1100. The minimum absolute atomic E-state index is 0.00432. The first-order valence-electron chi connectivity index (χ1n) is 12.8. The van der Waals surface area contributed by atoms with Crippen LogP contribution in [0.5, 0.6) is 11.5 Å². The topological polar surface area (TPSA) is 80.3 Å². The largest absolute Gasteiger partial charge is 0.497 e. The van der Waals surface area contributed by atoms with Crippen molar-refractivity contribution in [2.75, 3.05) is 37.0 Å². The number of anilines is 2. The molecule has 1 N–H and O–H groups in total. The number of amides is 2. The second-order valence-electron chi connectivity index (χ2n) is 10.5. The van der Waals surface area contributed by atoms with Gasteiger partial charge in [0.25, 0.3) is 0 Å². The summed E-state index contributed by atoms with van der Waals surface area (Å²) in [5.74, 6) is 1.16. The lowest BCUT2D eigenvalue weighted by atomic mass is 10.0. The first-order valence-corrected chi connectivity index (χ1v) is 13.2. The lowest BCUT2D eigenvalue weighted by molar-refractivity contribution is -0.122. The number of rotatable bonds is 6. The maximum Gasteiger partial charge on any atom is 0.410 e. The quantitative estimate of drug-likeness (QED) is 0.514. The van der Waals surface area contributed by atoms with Gasteiger partial charge in [0.2, 0.25) is 5.91 Å². The Labute approximate surface area is 223 Å². The highest BCUT2D eigenvalue weighted by Crippen LogP contribution is 2.32. The Hall–Kier alpha value is -3.13. The van der Waals surface area contributed by atoms with E-state index in [4.69, 9.17) is 25.8 Å². The summed E-state index contributed by atoms with van der Waals surface area (Å²) in [4.78, 5) is 29.5. The number of carbonyl (C=O) groups excluding carboxylic acids is 2. The monoisotopic (exact) mass is 529 g/mol. The van der Waals surface area contributed by atoms with E-state index in [9.17, 15) is 9.59 Å². The summed E-state index contributed by atoms with van der Waals surface area (Å²) in [6, 6.07) is 12.6. The van der Waals surface area contributed by atoms with Crippen LogP contribution in [0.15, 0.2) is 42.5 Å². The van der Waals surface area contributed by atoms with Gasteiger partial charge in [-0.1, -0.05) is 11.6 Å². The van der Waals surface area contributed by atoms with E-state index in [2.05, 4.69) is 10.2 Å². The average Bonchev–Trinajstić information content (AvgIpc) is 3.33. The smallest absolute Gasteiger partial charge is 0.410 e. The van der Waals surface area contributed by atoms with Crippen LogP contribution in [0.4, 0.5) is 16.2 Å². The fraction of sp³-hybridized carbons (Fsp3) is 0.500. The van der Waals surface area contributed by atoms with Gasteiger partial charge in [-0.25, -0.2) is 4.79 Å². The van der Waals surface area contributed by atoms with E-state index >= 15 is 0 Å².